The third kappa shape index (κ3) is 4.99. The number of likely N-dealkylation sites (tertiary alicyclic amines) is 1. The Morgan fingerprint density at radius 2 is 2.04 bits per heavy atom. The van der Waals surface area contributed by atoms with Gasteiger partial charge in [-0.3, -0.25) is 4.79 Å². The van der Waals surface area contributed by atoms with E-state index in [1.807, 2.05) is 17.7 Å². The number of rotatable bonds is 5. The van der Waals surface area contributed by atoms with E-state index >= 15 is 0 Å². The van der Waals surface area contributed by atoms with Gasteiger partial charge in [-0.05, 0) is 31.9 Å². The molecule has 0 aliphatic carbocycles. The number of hydrogen-bond acceptors (Lipinski definition) is 4. The van der Waals surface area contributed by atoms with Crippen LogP contribution in [0.5, 0.6) is 5.75 Å². The second-order valence-corrected chi connectivity index (χ2v) is 6.86. The molecule has 3 amide bonds. The summed E-state index contributed by atoms with van der Waals surface area (Å²) in [6.45, 7) is 3.68. The second-order valence-electron chi connectivity index (χ2n) is 6.86. The van der Waals surface area contributed by atoms with Crippen LogP contribution in [0.1, 0.15) is 30.1 Å². The van der Waals surface area contributed by atoms with Crippen molar-refractivity contribution in [2.75, 3.05) is 13.1 Å². The number of phenols is 1. The van der Waals surface area contributed by atoms with Gasteiger partial charge in [0.25, 0.3) is 5.91 Å². The summed E-state index contributed by atoms with van der Waals surface area (Å²) in [4.78, 5) is 30.4. The molecule has 1 atom stereocenters. The number of aromatic nitrogens is 2. The van der Waals surface area contributed by atoms with Crippen molar-refractivity contribution in [3.63, 3.8) is 0 Å². The first-order valence-electron chi connectivity index (χ1n) is 9.13. The predicted molar refractivity (Wildman–Crippen MR) is 100 cm³/mol. The number of carbonyl (C=O) groups is 2. The highest BCUT2D eigenvalue weighted by atomic mass is 16.3. The third-order valence-corrected chi connectivity index (χ3v) is 4.67. The smallest absolute Gasteiger partial charge is 0.315 e. The number of nitrogens with zero attached hydrogens (tertiary/aromatic N) is 3. The molecule has 144 valence electrons. The first kappa shape index (κ1) is 18.8. The molecule has 1 aromatic heterocycles. The Morgan fingerprint density at radius 1 is 1.30 bits per heavy atom. The van der Waals surface area contributed by atoms with Crippen LogP contribution in [0, 0.1) is 0 Å². The molecule has 1 aliphatic rings. The first-order valence-corrected chi connectivity index (χ1v) is 9.13. The highest BCUT2D eigenvalue weighted by Crippen LogP contribution is 2.20. The minimum absolute atomic E-state index is 0.00555. The molecule has 27 heavy (non-hydrogen) atoms. The monoisotopic (exact) mass is 371 g/mol. The molecule has 1 aromatic carbocycles. The molecule has 3 N–H and O–H groups in total. The summed E-state index contributed by atoms with van der Waals surface area (Å²) >= 11 is 0. The minimum Gasteiger partial charge on any atom is -0.507 e. The van der Waals surface area contributed by atoms with Crippen molar-refractivity contribution in [3.05, 3.63) is 48.5 Å². The zero-order chi connectivity index (χ0) is 19.2. The van der Waals surface area contributed by atoms with Crippen molar-refractivity contribution in [1.29, 1.82) is 0 Å². The summed E-state index contributed by atoms with van der Waals surface area (Å²) in [5.41, 5.74) is 0.315. The van der Waals surface area contributed by atoms with E-state index < -0.39 is 0 Å². The molecule has 2 aromatic rings. The van der Waals surface area contributed by atoms with Crippen molar-refractivity contribution < 1.29 is 14.7 Å². The molecular weight excluding hydrogens is 346 g/mol. The maximum atomic E-state index is 12.5. The molecule has 0 radical (unpaired) electrons. The highest BCUT2D eigenvalue weighted by Gasteiger charge is 2.26. The Labute approximate surface area is 158 Å². The Morgan fingerprint density at radius 3 is 2.70 bits per heavy atom. The van der Waals surface area contributed by atoms with E-state index in [4.69, 9.17) is 0 Å². The third-order valence-electron chi connectivity index (χ3n) is 4.67. The first-order chi connectivity index (χ1) is 13.0. The molecule has 8 nitrogen and oxygen atoms in total. The highest BCUT2D eigenvalue weighted by molar-refractivity contribution is 5.96. The van der Waals surface area contributed by atoms with E-state index in [0.717, 1.165) is 0 Å². The van der Waals surface area contributed by atoms with E-state index in [-0.39, 0.29) is 29.8 Å². The average molecular weight is 371 g/mol. The van der Waals surface area contributed by atoms with Crippen molar-refractivity contribution in [1.82, 2.24) is 25.1 Å². The molecule has 1 saturated heterocycles. The van der Waals surface area contributed by atoms with Gasteiger partial charge in [-0.2, -0.15) is 0 Å². The van der Waals surface area contributed by atoms with Crippen LogP contribution >= 0.6 is 0 Å². The van der Waals surface area contributed by atoms with Gasteiger partial charge in [-0.25, -0.2) is 9.78 Å². The zero-order valence-corrected chi connectivity index (χ0v) is 15.3. The van der Waals surface area contributed by atoms with Crippen molar-refractivity contribution in [2.45, 2.75) is 38.4 Å². The SMILES string of the molecule is C[C@H](Cn1ccnc1)NC(=O)NC1CCN(C(=O)c2ccccc2O)CC1. The van der Waals surface area contributed by atoms with E-state index in [2.05, 4.69) is 15.6 Å². The molecule has 1 aliphatic heterocycles. The molecule has 0 unspecified atom stereocenters. The topological polar surface area (TPSA) is 99.5 Å². The van der Waals surface area contributed by atoms with E-state index in [1.165, 1.54) is 6.07 Å². The minimum atomic E-state index is -0.201. The molecule has 3 rings (SSSR count). The predicted octanol–water partition coefficient (Wildman–Crippen LogP) is 1.58. The van der Waals surface area contributed by atoms with Crippen molar-refractivity contribution in [3.8, 4) is 5.75 Å². The van der Waals surface area contributed by atoms with Gasteiger partial charge in [-0.1, -0.05) is 12.1 Å². The number of phenolic OH excluding ortho intramolecular Hbond substituents is 1. The van der Waals surface area contributed by atoms with E-state index in [1.54, 1.807) is 35.6 Å². The lowest BCUT2D eigenvalue weighted by atomic mass is 10.0. The van der Waals surface area contributed by atoms with Crippen LogP contribution in [0.15, 0.2) is 43.0 Å². The van der Waals surface area contributed by atoms with E-state index in [0.29, 0.717) is 38.0 Å². The van der Waals surface area contributed by atoms with Gasteiger partial charge in [-0.15, -0.1) is 0 Å². The van der Waals surface area contributed by atoms with Crippen LogP contribution in [-0.4, -0.2) is 56.7 Å². The van der Waals surface area contributed by atoms with Crippen LogP contribution in [0.25, 0.3) is 0 Å². The number of hydrogen-bond donors (Lipinski definition) is 3. The lowest BCUT2D eigenvalue weighted by Gasteiger charge is -2.32. The van der Waals surface area contributed by atoms with Gasteiger partial charge in [0.1, 0.15) is 5.75 Å². The van der Waals surface area contributed by atoms with Crippen LogP contribution in [0.2, 0.25) is 0 Å². The van der Waals surface area contributed by atoms with Gasteiger partial charge in [0.05, 0.1) is 11.9 Å². The van der Waals surface area contributed by atoms with Gasteiger partial charge in [0.2, 0.25) is 0 Å². The molecule has 0 bridgehead atoms. The summed E-state index contributed by atoms with van der Waals surface area (Å²) < 4.78 is 1.91. The van der Waals surface area contributed by atoms with Gasteiger partial charge in [0, 0.05) is 44.1 Å². The number of nitrogens with one attached hydrogen (secondary N) is 2. The van der Waals surface area contributed by atoms with Gasteiger partial charge in [0.15, 0.2) is 0 Å². The number of imidazole rings is 1. The lowest BCUT2D eigenvalue weighted by Crippen LogP contribution is -2.51. The molecular formula is C19H25N5O3. The summed E-state index contributed by atoms with van der Waals surface area (Å²) in [7, 11) is 0. The van der Waals surface area contributed by atoms with Gasteiger partial charge >= 0.3 is 6.03 Å². The normalized spacial score (nSPS) is 16.0. The Hall–Kier alpha value is -3.03. The molecule has 8 heteroatoms. The molecule has 2 heterocycles. The van der Waals surface area contributed by atoms with Gasteiger partial charge < -0.3 is 25.2 Å². The van der Waals surface area contributed by atoms with Crippen molar-refractivity contribution in [2.24, 2.45) is 0 Å². The standard InChI is InChI=1S/C19H25N5O3/c1-14(12-23-11-8-20-13-23)21-19(27)22-15-6-9-24(10-7-15)18(26)16-4-2-3-5-17(16)25/h2-5,8,11,13-15,25H,6-7,9-10,12H2,1H3,(H2,21,22,27)/t14-/m1/s1. The maximum Gasteiger partial charge on any atom is 0.315 e. The summed E-state index contributed by atoms with van der Waals surface area (Å²) in [6.07, 6.45) is 6.64. The summed E-state index contributed by atoms with van der Waals surface area (Å²) in [5, 5.41) is 15.7. The van der Waals surface area contributed by atoms with Crippen LogP contribution in [0.4, 0.5) is 4.79 Å². The fourth-order valence-electron chi connectivity index (χ4n) is 3.26. The molecule has 1 fully saturated rings. The summed E-state index contributed by atoms with van der Waals surface area (Å²) in [5.74, 6) is -0.182. The Bertz CT molecular complexity index is 769. The summed E-state index contributed by atoms with van der Waals surface area (Å²) in [6, 6.07) is 6.35. The number of carbonyl (C=O) groups excluding carboxylic acids is 2. The Balaban J connectivity index is 1.43. The van der Waals surface area contributed by atoms with Crippen LogP contribution < -0.4 is 10.6 Å². The maximum absolute atomic E-state index is 12.5. The number of amides is 3. The number of piperidine rings is 1. The quantitative estimate of drug-likeness (QED) is 0.743. The number of urea groups is 1. The lowest BCUT2D eigenvalue weighted by molar-refractivity contribution is 0.0705. The van der Waals surface area contributed by atoms with Crippen LogP contribution in [0.3, 0.4) is 0 Å². The second kappa shape index (κ2) is 8.57. The average Bonchev–Trinajstić information content (AvgIpc) is 3.15. The van der Waals surface area contributed by atoms with Crippen LogP contribution in [-0.2, 0) is 6.54 Å². The van der Waals surface area contributed by atoms with E-state index in [9.17, 15) is 14.7 Å². The zero-order valence-electron chi connectivity index (χ0n) is 15.3. The largest absolute Gasteiger partial charge is 0.507 e. The molecule has 0 spiro atoms. The molecule has 0 saturated carbocycles. The van der Waals surface area contributed by atoms with Crippen molar-refractivity contribution >= 4 is 11.9 Å². The number of benzene rings is 1. The Kier molecular flexibility index (Phi) is 5.95. The number of aromatic hydroxyl groups is 1. The fourth-order valence-corrected chi connectivity index (χ4v) is 3.26. The number of para-hydroxylation sites is 1. The fraction of sp³-hybridized carbons (Fsp3) is 0.421.